The van der Waals surface area contributed by atoms with Crippen molar-refractivity contribution >= 4 is 34.2 Å². The summed E-state index contributed by atoms with van der Waals surface area (Å²) < 4.78 is 5.10. The van der Waals surface area contributed by atoms with Gasteiger partial charge in [0.2, 0.25) is 5.95 Å². The van der Waals surface area contributed by atoms with Crippen molar-refractivity contribution in [2.24, 2.45) is 17.8 Å². The molecule has 0 amide bonds. The van der Waals surface area contributed by atoms with Crippen molar-refractivity contribution in [1.82, 2.24) is 15.0 Å². The SMILES string of the molecule is COC(=O)[C@@H]1C[C@H](C2CCCCC2)CN(c2nc(C)cc(Nc3ncc(C#N)s3)n2)C1. The minimum atomic E-state index is -0.164. The number of esters is 1. The van der Waals surface area contributed by atoms with Gasteiger partial charge in [0.1, 0.15) is 16.8 Å². The third kappa shape index (κ3) is 5.13. The number of carbonyl (C=O) groups excluding carboxylic acids is 1. The van der Waals surface area contributed by atoms with Crippen LogP contribution in [0.4, 0.5) is 16.9 Å². The van der Waals surface area contributed by atoms with Crippen LogP contribution in [0.3, 0.4) is 0 Å². The van der Waals surface area contributed by atoms with Gasteiger partial charge in [0.25, 0.3) is 0 Å². The molecular formula is C22H28N6O2S. The van der Waals surface area contributed by atoms with E-state index in [0.29, 0.717) is 40.2 Å². The Hall–Kier alpha value is -2.73. The summed E-state index contributed by atoms with van der Waals surface area (Å²) in [5.41, 5.74) is 0.832. The standard InChI is InChI=1S/C22H28N6O2S/c1-14-8-19(27-22-24-11-18(10-23)31-22)26-21(25-14)28-12-16(15-6-4-3-5-7-15)9-17(13-28)20(29)30-2/h8,11,15-17H,3-7,9,12-13H2,1-2H3,(H,24,25,26,27)/t16-,17+/m0/s1. The highest BCUT2D eigenvalue weighted by Gasteiger charge is 2.37. The summed E-state index contributed by atoms with van der Waals surface area (Å²) in [7, 11) is 1.46. The molecule has 2 aliphatic rings. The fourth-order valence-corrected chi connectivity index (χ4v) is 5.46. The fourth-order valence-electron chi connectivity index (χ4n) is 4.84. The van der Waals surface area contributed by atoms with E-state index < -0.39 is 0 Å². The summed E-state index contributed by atoms with van der Waals surface area (Å²) in [6.45, 7) is 3.35. The van der Waals surface area contributed by atoms with Crippen LogP contribution in [0.2, 0.25) is 0 Å². The predicted molar refractivity (Wildman–Crippen MR) is 119 cm³/mol. The van der Waals surface area contributed by atoms with E-state index in [-0.39, 0.29) is 11.9 Å². The number of anilines is 3. The quantitative estimate of drug-likeness (QED) is 0.694. The van der Waals surface area contributed by atoms with Crippen LogP contribution in [0.25, 0.3) is 0 Å². The lowest BCUT2D eigenvalue weighted by Gasteiger charge is -2.41. The number of carbonyl (C=O) groups is 1. The number of hydrogen-bond donors (Lipinski definition) is 1. The molecule has 4 rings (SSSR count). The molecule has 1 saturated heterocycles. The number of nitrogens with zero attached hydrogens (tertiary/aromatic N) is 5. The Balaban J connectivity index is 1.57. The number of ether oxygens (including phenoxy) is 1. The van der Waals surface area contributed by atoms with E-state index in [1.54, 1.807) is 6.20 Å². The van der Waals surface area contributed by atoms with Crippen molar-refractivity contribution < 1.29 is 9.53 Å². The number of nitrogens with one attached hydrogen (secondary N) is 1. The number of nitriles is 1. The van der Waals surface area contributed by atoms with Crippen LogP contribution in [0.1, 0.15) is 49.1 Å². The van der Waals surface area contributed by atoms with Gasteiger partial charge in [-0.3, -0.25) is 4.79 Å². The number of piperidine rings is 1. The van der Waals surface area contributed by atoms with Crippen molar-refractivity contribution in [1.29, 1.82) is 5.26 Å². The van der Waals surface area contributed by atoms with E-state index in [9.17, 15) is 4.79 Å². The van der Waals surface area contributed by atoms with Crippen LogP contribution in [0.15, 0.2) is 12.3 Å². The van der Waals surface area contributed by atoms with Crippen molar-refractivity contribution in [3.8, 4) is 6.07 Å². The molecule has 1 N–H and O–H groups in total. The van der Waals surface area contributed by atoms with Gasteiger partial charge in [0, 0.05) is 24.8 Å². The molecule has 31 heavy (non-hydrogen) atoms. The normalized spacial score (nSPS) is 22.0. The molecule has 0 unspecified atom stereocenters. The Morgan fingerprint density at radius 3 is 2.77 bits per heavy atom. The number of aromatic nitrogens is 3. The van der Waals surface area contributed by atoms with E-state index in [0.717, 1.165) is 18.7 Å². The molecule has 0 bridgehead atoms. The molecule has 164 valence electrons. The predicted octanol–water partition coefficient (Wildman–Crippen LogP) is 4.05. The number of hydrogen-bond acceptors (Lipinski definition) is 9. The van der Waals surface area contributed by atoms with Crippen LogP contribution in [0.5, 0.6) is 0 Å². The maximum Gasteiger partial charge on any atom is 0.310 e. The second-order valence-corrected chi connectivity index (χ2v) is 9.51. The van der Waals surface area contributed by atoms with E-state index in [1.807, 2.05) is 13.0 Å². The first kappa shape index (κ1) is 21.5. The third-order valence-corrected chi connectivity index (χ3v) is 7.13. The van der Waals surface area contributed by atoms with E-state index in [4.69, 9.17) is 15.0 Å². The minimum absolute atomic E-state index is 0.150. The van der Waals surface area contributed by atoms with Gasteiger partial charge in [-0.1, -0.05) is 43.4 Å². The summed E-state index contributed by atoms with van der Waals surface area (Å²) in [5.74, 6) is 2.03. The van der Waals surface area contributed by atoms with Gasteiger partial charge in [0.05, 0.1) is 19.2 Å². The summed E-state index contributed by atoms with van der Waals surface area (Å²) >= 11 is 1.28. The average Bonchev–Trinajstić information content (AvgIpc) is 3.26. The zero-order valence-corrected chi connectivity index (χ0v) is 18.8. The number of thiazole rings is 1. The summed E-state index contributed by atoms with van der Waals surface area (Å²) in [6, 6.07) is 3.95. The zero-order valence-electron chi connectivity index (χ0n) is 18.0. The van der Waals surface area contributed by atoms with Crippen LogP contribution in [0, 0.1) is 36.0 Å². The van der Waals surface area contributed by atoms with E-state index in [1.165, 1.54) is 50.6 Å². The van der Waals surface area contributed by atoms with E-state index >= 15 is 0 Å². The van der Waals surface area contributed by atoms with Crippen molar-refractivity contribution in [3.63, 3.8) is 0 Å². The molecule has 2 fully saturated rings. The summed E-state index contributed by atoms with van der Waals surface area (Å²) in [6.07, 6.45) is 8.75. The third-order valence-electron chi connectivity index (χ3n) is 6.31. The van der Waals surface area contributed by atoms with Gasteiger partial charge in [-0.2, -0.15) is 10.2 Å². The number of aryl methyl sites for hydroxylation is 1. The molecule has 2 atom stereocenters. The van der Waals surface area contributed by atoms with Gasteiger partial charge >= 0.3 is 5.97 Å². The van der Waals surface area contributed by atoms with Gasteiger partial charge in [0.15, 0.2) is 5.13 Å². The highest BCUT2D eigenvalue weighted by Crippen LogP contribution is 2.38. The van der Waals surface area contributed by atoms with E-state index in [2.05, 4.69) is 26.3 Å². The molecule has 0 radical (unpaired) electrons. The maximum atomic E-state index is 12.4. The Labute approximate surface area is 186 Å². The molecule has 2 aromatic heterocycles. The van der Waals surface area contributed by atoms with Crippen LogP contribution < -0.4 is 10.2 Å². The molecule has 2 aromatic rings. The molecule has 1 aliphatic heterocycles. The molecule has 3 heterocycles. The van der Waals surface area contributed by atoms with Gasteiger partial charge in [-0.15, -0.1) is 0 Å². The Morgan fingerprint density at radius 2 is 2.06 bits per heavy atom. The maximum absolute atomic E-state index is 12.4. The van der Waals surface area contributed by atoms with Crippen molar-refractivity contribution in [2.45, 2.75) is 45.4 Å². The lowest BCUT2D eigenvalue weighted by molar-refractivity contribution is -0.146. The second kappa shape index (κ2) is 9.60. The number of methoxy groups -OCH3 is 1. The highest BCUT2D eigenvalue weighted by molar-refractivity contribution is 7.16. The molecule has 1 aliphatic carbocycles. The van der Waals surface area contributed by atoms with Gasteiger partial charge in [-0.25, -0.2) is 9.97 Å². The highest BCUT2D eigenvalue weighted by atomic mass is 32.1. The first-order chi connectivity index (χ1) is 15.1. The molecule has 0 aromatic carbocycles. The lowest BCUT2D eigenvalue weighted by Crippen LogP contribution is -2.46. The van der Waals surface area contributed by atoms with Crippen molar-refractivity contribution in [2.75, 3.05) is 30.4 Å². The topological polar surface area (TPSA) is 104 Å². The minimum Gasteiger partial charge on any atom is -0.469 e. The Morgan fingerprint density at radius 1 is 1.26 bits per heavy atom. The van der Waals surface area contributed by atoms with Crippen LogP contribution in [-0.2, 0) is 9.53 Å². The largest absolute Gasteiger partial charge is 0.469 e. The van der Waals surface area contributed by atoms with Crippen molar-refractivity contribution in [3.05, 3.63) is 22.8 Å². The first-order valence-electron chi connectivity index (χ1n) is 10.9. The zero-order chi connectivity index (χ0) is 21.8. The fraction of sp³-hybridized carbons (Fsp3) is 0.591. The summed E-state index contributed by atoms with van der Waals surface area (Å²) in [4.78, 5) is 28.7. The van der Waals surface area contributed by atoms with Gasteiger partial charge < -0.3 is 15.0 Å². The van der Waals surface area contributed by atoms with Crippen LogP contribution in [-0.4, -0.2) is 41.1 Å². The molecule has 9 heteroatoms. The monoisotopic (exact) mass is 440 g/mol. The lowest BCUT2D eigenvalue weighted by atomic mass is 9.74. The number of rotatable bonds is 5. The smallest absolute Gasteiger partial charge is 0.310 e. The summed E-state index contributed by atoms with van der Waals surface area (Å²) in [5, 5.41) is 12.8. The molecular weight excluding hydrogens is 412 g/mol. The Bertz CT molecular complexity index is 965. The van der Waals surface area contributed by atoms with Crippen LogP contribution >= 0.6 is 11.3 Å². The molecule has 0 spiro atoms. The Kier molecular flexibility index (Phi) is 6.66. The second-order valence-electron chi connectivity index (χ2n) is 8.48. The first-order valence-corrected chi connectivity index (χ1v) is 11.7. The van der Waals surface area contributed by atoms with Gasteiger partial charge in [-0.05, 0) is 25.2 Å². The molecule has 1 saturated carbocycles. The molecule has 8 nitrogen and oxygen atoms in total. The average molecular weight is 441 g/mol.